The van der Waals surface area contributed by atoms with Crippen molar-refractivity contribution >= 4 is 32.7 Å². The molecule has 0 saturated carbocycles. The van der Waals surface area contributed by atoms with Gasteiger partial charge in [-0.25, -0.2) is 0 Å². The summed E-state index contributed by atoms with van der Waals surface area (Å²) >= 11 is 1.70. The summed E-state index contributed by atoms with van der Waals surface area (Å²) in [6, 6.07) is 9.88. The van der Waals surface area contributed by atoms with Crippen LogP contribution in [0.4, 0.5) is 21.4 Å². The molecule has 20 heavy (non-hydrogen) atoms. The number of nitrogens with zero attached hydrogens (tertiary/aromatic N) is 3. The average molecular weight is 286 g/mol. The van der Waals surface area contributed by atoms with Crippen LogP contribution in [0.5, 0.6) is 0 Å². The van der Waals surface area contributed by atoms with E-state index in [0.717, 1.165) is 35.0 Å². The maximum Gasteiger partial charge on any atom is 0.140 e. The van der Waals surface area contributed by atoms with Crippen molar-refractivity contribution < 1.29 is 0 Å². The van der Waals surface area contributed by atoms with Gasteiger partial charge in [-0.15, -0.1) is 10.2 Å². The monoisotopic (exact) mass is 286 g/mol. The summed E-state index contributed by atoms with van der Waals surface area (Å²) in [5, 5.41) is 10.8. The van der Waals surface area contributed by atoms with Gasteiger partial charge in [0.25, 0.3) is 0 Å². The molecule has 1 saturated heterocycles. The molecule has 1 aliphatic rings. The summed E-state index contributed by atoms with van der Waals surface area (Å²) in [6.07, 6.45) is 2.58. The van der Waals surface area contributed by atoms with E-state index in [4.69, 9.17) is 5.73 Å². The topological polar surface area (TPSA) is 54.0 Å². The molecule has 2 N–H and O–H groups in total. The van der Waals surface area contributed by atoms with Crippen LogP contribution < -0.4 is 10.6 Å². The van der Waals surface area contributed by atoms with Crippen molar-refractivity contribution in [2.24, 2.45) is 10.2 Å². The Hall–Kier alpha value is -1.88. The largest absolute Gasteiger partial charge is 0.399 e. The molecule has 3 rings (SSSR count). The smallest absolute Gasteiger partial charge is 0.140 e. The fourth-order valence-electron chi connectivity index (χ4n) is 2.31. The van der Waals surface area contributed by atoms with E-state index >= 15 is 0 Å². The Morgan fingerprint density at radius 1 is 1.10 bits per heavy atom. The number of anilines is 2. The van der Waals surface area contributed by atoms with Crippen LogP contribution in [0, 0.1) is 6.92 Å². The van der Waals surface area contributed by atoms with Crippen molar-refractivity contribution in [2.75, 3.05) is 23.7 Å². The third-order valence-corrected chi connectivity index (χ3v) is 4.54. The van der Waals surface area contributed by atoms with Gasteiger partial charge in [-0.1, -0.05) is 11.3 Å². The second-order valence-corrected chi connectivity index (χ2v) is 6.09. The average Bonchev–Trinajstić information content (AvgIpc) is 3.09. The van der Waals surface area contributed by atoms with E-state index in [0.29, 0.717) is 0 Å². The van der Waals surface area contributed by atoms with Gasteiger partial charge in [0.2, 0.25) is 0 Å². The second kappa shape index (κ2) is 5.63. The van der Waals surface area contributed by atoms with Gasteiger partial charge in [-0.3, -0.25) is 0 Å². The minimum Gasteiger partial charge on any atom is -0.399 e. The predicted octanol–water partition coefficient (Wildman–Crippen LogP) is 4.65. The molecule has 1 aromatic carbocycles. The van der Waals surface area contributed by atoms with Gasteiger partial charge in [-0.2, -0.15) is 0 Å². The molecule has 0 atom stereocenters. The van der Waals surface area contributed by atoms with Crippen LogP contribution in [0.3, 0.4) is 0 Å². The number of hydrogen-bond acceptors (Lipinski definition) is 5. The first kappa shape index (κ1) is 13.1. The van der Waals surface area contributed by atoms with E-state index in [1.807, 2.05) is 31.2 Å². The second-order valence-electron chi connectivity index (χ2n) is 5.05. The fourth-order valence-corrected chi connectivity index (χ4v) is 3.19. The maximum atomic E-state index is 5.79. The number of nitrogens with two attached hydrogens (primary N) is 1. The lowest BCUT2D eigenvalue weighted by molar-refractivity contribution is 0.949. The first-order valence-electron chi connectivity index (χ1n) is 6.85. The van der Waals surface area contributed by atoms with Crippen molar-refractivity contribution in [1.82, 2.24) is 0 Å². The highest BCUT2D eigenvalue weighted by Gasteiger charge is 2.13. The van der Waals surface area contributed by atoms with E-state index in [1.54, 1.807) is 11.3 Å². The van der Waals surface area contributed by atoms with Gasteiger partial charge >= 0.3 is 0 Å². The first-order valence-corrected chi connectivity index (χ1v) is 7.67. The number of azo groups is 1. The lowest BCUT2D eigenvalue weighted by atomic mass is 10.2. The summed E-state index contributed by atoms with van der Waals surface area (Å²) in [4.78, 5) is 2.41. The Morgan fingerprint density at radius 2 is 1.90 bits per heavy atom. The molecule has 4 nitrogen and oxygen atoms in total. The van der Waals surface area contributed by atoms with Gasteiger partial charge < -0.3 is 10.6 Å². The number of aryl methyl sites for hydroxylation is 1. The number of nitrogen functional groups attached to an aromatic ring is 1. The van der Waals surface area contributed by atoms with Crippen LogP contribution in [0.15, 0.2) is 40.6 Å². The van der Waals surface area contributed by atoms with Crippen molar-refractivity contribution in [3.05, 3.63) is 35.9 Å². The quantitative estimate of drug-likeness (QED) is 0.659. The van der Waals surface area contributed by atoms with Gasteiger partial charge in [0.05, 0.1) is 10.7 Å². The van der Waals surface area contributed by atoms with Crippen molar-refractivity contribution in [3.8, 4) is 0 Å². The zero-order valence-electron chi connectivity index (χ0n) is 11.5. The molecule has 2 heterocycles. The minimum atomic E-state index is 0.788. The molecular formula is C15H18N4S. The Kier molecular flexibility index (Phi) is 3.69. The zero-order valence-corrected chi connectivity index (χ0v) is 12.4. The Labute approximate surface area is 122 Å². The standard InChI is InChI=1S/C15H18N4S/c1-11-10-12(4-5-13(11)16)17-18-14-6-7-15(20-14)19-8-2-3-9-19/h4-7,10H,2-3,8-9,16H2,1H3/b18-17+. The van der Waals surface area contributed by atoms with Crippen LogP contribution in [-0.4, -0.2) is 13.1 Å². The highest BCUT2D eigenvalue weighted by molar-refractivity contribution is 7.19. The lowest BCUT2D eigenvalue weighted by Crippen LogP contribution is -2.15. The molecule has 5 heteroatoms. The maximum absolute atomic E-state index is 5.79. The van der Waals surface area contributed by atoms with E-state index < -0.39 is 0 Å². The third kappa shape index (κ3) is 2.82. The van der Waals surface area contributed by atoms with Crippen LogP contribution >= 0.6 is 11.3 Å². The van der Waals surface area contributed by atoms with Crippen LogP contribution in [-0.2, 0) is 0 Å². The summed E-state index contributed by atoms with van der Waals surface area (Å²) in [5.41, 5.74) is 8.46. The molecule has 0 spiro atoms. The molecule has 1 aromatic heterocycles. The van der Waals surface area contributed by atoms with Crippen LogP contribution in [0.1, 0.15) is 18.4 Å². The van der Waals surface area contributed by atoms with Gasteiger partial charge in [-0.05, 0) is 55.7 Å². The van der Waals surface area contributed by atoms with Gasteiger partial charge in [0.15, 0.2) is 0 Å². The number of rotatable bonds is 3. The number of thiophene rings is 1. The highest BCUT2D eigenvalue weighted by atomic mass is 32.1. The molecule has 0 radical (unpaired) electrons. The molecule has 0 amide bonds. The first-order chi connectivity index (χ1) is 9.72. The van der Waals surface area contributed by atoms with Crippen molar-refractivity contribution in [3.63, 3.8) is 0 Å². The van der Waals surface area contributed by atoms with E-state index in [9.17, 15) is 0 Å². The van der Waals surface area contributed by atoms with Crippen LogP contribution in [0.2, 0.25) is 0 Å². The van der Waals surface area contributed by atoms with E-state index in [2.05, 4.69) is 21.2 Å². The van der Waals surface area contributed by atoms with E-state index in [1.165, 1.54) is 17.8 Å². The third-order valence-electron chi connectivity index (χ3n) is 3.51. The summed E-state index contributed by atoms with van der Waals surface area (Å²) in [7, 11) is 0. The zero-order chi connectivity index (χ0) is 13.9. The minimum absolute atomic E-state index is 0.788. The van der Waals surface area contributed by atoms with Crippen molar-refractivity contribution in [1.29, 1.82) is 0 Å². The number of benzene rings is 1. The Morgan fingerprint density at radius 3 is 2.65 bits per heavy atom. The Balaban J connectivity index is 1.73. The molecular weight excluding hydrogens is 268 g/mol. The molecule has 1 aliphatic heterocycles. The lowest BCUT2D eigenvalue weighted by Gasteiger charge is -2.13. The molecule has 2 aromatic rings. The molecule has 0 aliphatic carbocycles. The molecule has 0 bridgehead atoms. The normalized spacial score (nSPS) is 15.3. The predicted molar refractivity (Wildman–Crippen MR) is 85.5 cm³/mol. The summed E-state index contributed by atoms with van der Waals surface area (Å²) < 4.78 is 0. The van der Waals surface area contributed by atoms with Gasteiger partial charge in [0, 0.05) is 18.8 Å². The summed E-state index contributed by atoms with van der Waals surface area (Å²) in [5.74, 6) is 0. The van der Waals surface area contributed by atoms with Gasteiger partial charge in [0.1, 0.15) is 5.00 Å². The molecule has 0 unspecified atom stereocenters. The van der Waals surface area contributed by atoms with E-state index in [-0.39, 0.29) is 0 Å². The number of hydrogen-bond donors (Lipinski definition) is 1. The molecule has 104 valence electrons. The fraction of sp³-hybridized carbons (Fsp3) is 0.333. The molecule has 1 fully saturated rings. The van der Waals surface area contributed by atoms with Crippen molar-refractivity contribution in [2.45, 2.75) is 19.8 Å². The van der Waals surface area contributed by atoms with Crippen LogP contribution in [0.25, 0.3) is 0 Å². The SMILES string of the molecule is Cc1cc(/N=N/c2ccc(N3CCCC3)s2)ccc1N. The Bertz CT molecular complexity index is 627. The summed E-state index contributed by atoms with van der Waals surface area (Å²) in [6.45, 7) is 4.30. The highest BCUT2D eigenvalue weighted by Crippen LogP contribution is 2.34.